The first-order valence-electron chi connectivity index (χ1n) is 27.1. The fourth-order valence-electron chi connectivity index (χ4n) is 8.20. The first-order chi connectivity index (χ1) is 36.4. The minimum absolute atomic E-state index is 0.0724. The van der Waals surface area contributed by atoms with Crippen LogP contribution < -0.4 is 0 Å². The predicted molar refractivity (Wildman–Crippen MR) is 250 cm³/mol. The predicted octanol–water partition coefficient (Wildman–Crippen LogP) is 14.5. The van der Waals surface area contributed by atoms with Crippen LogP contribution in [0.15, 0.2) is 218 Å². The molecular formula is C56H36N4. The van der Waals surface area contributed by atoms with Crippen molar-refractivity contribution in [2.75, 3.05) is 0 Å². The van der Waals surface area contributed by atoms with Gasteiger partial charge in [-0.3, -0.25) is 0 Å². The quantitative estimate of drug-likeness (QED) is 0.168. The van der Waals surface area contributed by atoms with Crippen molar-refractivity contribution in [1.29, 1.82) is 0 Å². The van der Waals surface area contributed by atoms with Crippen molar-refractivity contribution in [3.63, 3.8) is 0 Å². The normalized spacial score (nSPS) is 15.4. The maximum atomic E-state index is 9.36. The van der Waals surface area contributed by atoms with Crippen LogP contribution >= 0.6 is 0 Å². The molecule has 60 heavy (non-hydrogen) atoms. The average molecular weight is 781 g/mol. The number of hydrogen-bond acceptors (Lipinski definition) is 2. The first-order valence-corrected chi connectivity index (χ1v) is 19.1. The van der Waals surface area contributed by atoms with Gasteiger partial charge >= 0.3 is 0 Å². The first kappa shape index (κ1) is 21.6. The van der Waals surface area contributed by atoms with E-state index in [1.807, 2.05) is 103 Å². The number of rotatable bonds is 6. The zero-order valence-corrected chi connectivity index (χ0v) is 31.3. The molecule has 12 rings (SSSR count). The molecular weight excluding hydrogens is 729 g/mol. The van der Waals surface area contributed by atoms with E-state index in [9.17, 15) is 5.48 Å². The third kappa shape index (κ3) is 5.46. The molecule has 9 aromatic carbocycles. The van der Waals surface area contributed by atoms with Crippen molar-refractivity contribution >= 4 is 54.4 Å². The van der Waals surface area contributed by atoms with E-state index < -0.39 is 96.7 Å². The molecule has 0 aliphatic heterocycles. The molecule has 0 saturated carbocycles. The number of benzene rings is 9. The highest BCUT2D eigenvalue weighted by atomic mass is 15.0. The van der Waals surface area contributed by atoms with E-state index in [4.69, 9.17) is 26.4 Å². The van der Waals surface area contributed by atoms with E-state index in [2.05, 4.69) is 0 Å². The van der Waals surface area contributed by atoms with Gasteiger partial charge in [0.2, 0.25) is 0 Å². The maximum Gasteiger partial charge on any atom is 0.160 e. The molecule has 0 unspecified atom stereocenters. The zero-order chi connectivity index (χ0) is 53.5. The van der Waals surface area contributed by atoms with E-state index in [1.54, 1.807) is 12.1 Å². The lowest BCUT2D eigenvalue weighted by molar-refractivity contribution is 1.13. The molecule has 0 atom stereocenters. The van der Waals surface area contributed by atoms with Gasteiger partial charge in [0.1, 0.15) is 0 Å². The van der Waals surface area contributed by atoms with Crippen LogP contribution in [0.1, 0.15) is 21.9 Å². The molecule has 4 heteroatoms. The van der Waals surface area contributed by atoms with Crippen LogP contribution in [0, 0.1) is 0 Å². The monoisotopic (exact) mass is 780 g/mol. The summed E-state index contributed by atoms with van der Waals surface area (Å²) in [5, 5.41) is 0.716. The highest BCUT2D eigenvalue weighted by Crippen LogP contribution is 2.41. The van der Waals surface area contributed by atoms with Gasteiger partial charge in [-0.15, -0.1) is 0 Å². The number of hydrogen-bond donors (Lipinski definition) is 0. The van der Waals surface area contributed by atoms with Crippen molar-refractivity contribution in [3.8, 4) is 56.4 Å². The van der Waals surface area contributed by atoms with Crippen LogP contribution in [-0.4, -0.2) is 19.1 Å². The van der Waals surface area contributed by atoms with Crippen LogP contribution in [0.5, 0.6) is 0 Å². The number of aromatic nitrogens is 4. The van der Waals surface area contributed by atoms with Gasteiger partial charge in [-0.05, 0) is 70.3 Å². The second kappa shape index (κ2) is 13.8. The number of para-hydroxylation sites is 4. The Labute approximate surface area is 369 Å². The molecule has 4 nitrogen and oxygen atoms in total. The Balaban J connectivity index is 1.24. The van der Waals surface area contributed by atoms with E-state index >= 15 is 0 Å². The summed E-state index contributed by atoms with van der Waals surface area (Å²) in [6, 6.07) is 27.9. The minimum Gasteiger partial charge on any atom is -0.309 e. The molecule has 0 spiro atoms. The number of nitrogens with zero attached hydrogens (tertiary/aromatic N) is 4. The van der Waals surface area contributed by atoms with Gasteiger partial charge in [0.25, 0.3) is 0 Å². The summed E-state index contributed by atoms with van der Waals surface area (Å²) < 4.78 is 147. The second-order valence-corrected chi connectivity index (χ2v) is 14.2. The molecule has 0 fully saturated rings. The summed E-state index contributed by atoms with van der Waals surface area (Å²) in [5.41, 5.74) is 4.04. The Bertz CT molecular complexity index is 4140. The van der Waals surface area contributed by atoms with Crippen LogP contribution in [0.2, 0.25) is 0 Å². The Morgan fingerprint density at radius 1 is 0.333 bits per heavy atom. The van der Waals surface area contributed by atoms with Crippen LogP contribution in [0.4, 0.5) is 0 Å². The van der Waals surface area contributed by atoms with Crippen LogP contribution in [0.25, 0.3) is 111 Å². The molecule has 0 bridgehead atoms. The van der Waals surface area contributed by atoms with Gasteiger partial charge in [0.05, 0.1) is 55.4 Å². The molecule has 0 N–H and O–H groups in total. The molecule has 3 heterocycles. The van der Waals surface area contributed by atoms with Crippen LogP contribution in [0.3, 0.4) is 0 Å². The molecule has 280 valence electrons. The standard InChI is InChI=1S/C56H36N4/c1-3-17-37(18-4-1)50-36-51(58-56(57-50)38-19-5-2-6-20-38)45-32-31-42(43-21-7-8-22-44(43)45)39-33-40(59-52-27-13-9-23-46(52)47-24-10-14-28-53(47)59)35-41(34-39)60-54-29-15-11-25-48(54)49-26-12-16-30-55(49)60/h1-36H/i9D,10D,11D,12D,13D,14D,15D,16D,23D,24D,25D,26D,27D,28D,29D,30D. The fourth-order valence-corrected chi connectivity index (χ4v) is 8.20. The number of fused-ring (bicyclic) bond motifs is 7. The van der Waals surface area contributed by atoms with Gasteiger partial charge < -0.3 is 9.13 Å². The molecule has 0 amide bonds. The molecule has 0 aliphatic rings. The lowest BCUT2D eigenvalue weighted by Gasteiger charge is -2.18. The van der Waals surface area contributed by atoms with Crippen molar-refractivity contribution in [2.24, 2.45) is 0 Å². The molecule has 0 radical (unpaired) electrons. The van der Waals surface area contributed by atoms with Gasteiger partial charge in [-0.1, -0.05) is 170 Å². The molecule has 0 aliphatic carbocycles. The Morgan fingerprint density at radius 3 is 1.27 bits per heavy atom. The summed E-state index contributed by atoms with van der Waals surface area (Å²) >= 11 is 0. The third-order valence-electron chi connectivity index (χ3n) is 10.8. The lowest BCUT2D eigenvalue weighted by atomic mass is 9.92. The van der Waals surface area contributed by atoms with Crippen molar-refractivity contribution in [1.82, 2.24) is 19.1 Å². The summed E-state index contributed by atoms with van der Waals surface area (Å²) in [5.74, 6) is 0.492. The van der Waals surface area contributed by atoms with Crippen molar-refractivity contribution in [2.45, 2.75) is 0 Å². The average Bonchev–Trinajstić information content (AvgIpc) is 4.09. The Kier molecular flexibility index (Phi) is 4.97. The lowest BCUT2D eigenvalue weighted by Crippen LogP contribution is -2.00. The molecule has 0 saturated heterocycles. The minimum atomic E-state index is -0.639. The summed E-state index contributed by atoms with van der Waals surface area (Å²) in [6.45, 7) is 0. The van der Waals surface area contributed by atoms with Gasteiger partial charge in [0, 0.05) is 49.6 Å². The second-order valence-electron chi connectivity index (χ2n) is 14.2. The summed E-state index contributed by atoms with van der Waals surface area (Å²) in [7, 11) is 0. The highest BCUT2D eigenvalue weighted by Gasteiger charge is 2.19. The Hall–Kier alpha value is -8.08. The fraction of sp³-hybridized carbons (Fsp3) is 0. The highest BCUT2D eigenvalue weighted by molar-refractivity contribution is 6.11. The third-order valence-corrected chi connectivity index (χ3v) is 10.8. The van der Waals surface area contributed by atoms with Gasteiger partial charge in [-0.2, -0.15) is 0 Å². The molecule has 12 aromatic rings. The van der Waals surface area contributed by atoms with E-state index in [1.165, 1.54) is 15.2 Å². The van der Waals surface area contributed by atoms with E-state index in [0.29, 0.717) is 33.7 Å². The van der Waals surface area contributed by atoms with E-state index in [-0.39, 0.29) is 55.0 Å². The zero-order valence-electron chi connectivity index (χ0n) is 47.3. The SMILES string of the molecule is [2H]c1c([2H])c([2H])c2c(c1[2H])c1c([2H])c([2H])c([2H])c([2H])c1n2-c1cc(-c2ccc(-c3cc(-c4ccccc4)nc(-c4ccccc4)n3)c3ccccc23)cc(-n2c3c([2H])c([2H])c([2H])c([2H])c3c3c([2H])c([2H])c([2H])c([2H])c32)c1. The Morgan fingerprint density at radius 2 is 0.750 bits per heavy atom. The van der Waals surface area contributed by atoms with Gasteiger partial charge in [-0.25, -0.2) is 9.97 Å². The molecule has 3 aromatic heterocycles. The maximum absolute atomic E-state index is 9.36. The smallest absolute Gasteiger partial charge is 0.160 e. The largest absolute Gasteiger partial charge is 0.309 e. The van der Waals surface area contributed by atoms with Crippen LogP contribution in [-0.2, 0) is 0 Å². The van der Waals surface area contributed by atoms with E-state index in [0.717, 1.165) is 22.1 Å². The van der Waals surface area contributed by atoms with Crippen molar-refractivity contribution < 1.29 is 21.9 Å². The van der Waals surface area contributed by atoms with Crippen molar-refractivity contribution in [3.05, 3.63) is 218 Å². The summed E-state index contributed by atoms with van der Waals surface area (Å²) in [6.07, 6.45) is 0. The van der Waals surface area contributed by atoms with Gasteiger partial charge in [0.15, 0.2) is 5.82 Å². The topological polar surface area (TPSA) is 35.6 Å². The summed E-state index contributed by atoms with van der Waals surface area (Å²) in [4.78, 5) is 10.1.